The molecular formula is C19H27N5O. The number of likely N-dealkylation sites (N-methyl/N-ethyl adjacent to an activating group) is 1. The Morgan fingerprint density at radius 3 is 2.92 bits per heavy atom. The van der Waals surface area contributed by atoms with Crippen LogP contribution >= 0.6 is 0 Å². The van der Waals surface area contributed by atoms with Crippen molar-refractivity contribution < 1.29 is 5.11 Å². The standard InChI is InChI=1S/C19H27N5O/c1-23(13-16-6-3-2-4-7-16)11-9-20-18-12-19(22-15-21-18)24-10-5-8-17(24)14-25/h2-4,6-7,12,15,17,25H,5,8-11,13-14H2,1H3,(H,20,21,22)/t17-/m1/s1. The van der Waals surface area contributed by atoms with Crippen LogP contribution in [0.4, 0.5) is 11.6 Å². The lowest BCUT2D eigenvalue weighted by molar-refractivity contribution is 0.266. The van der Waals surface area contributed by atoms with Gasteiger partial charge in [-0.2, -0.15) is 0 Å². The van der Waals surface area contributed by atoms with E-state index in [4.69, 9.17) is 0 Å². The second-order valence-corrected chi connectivity index (χ2v) is 6.58. The maximum absolute atomic E-state index is 9.48. The van der Waals surface area contributed by atoms with E-state index in [2.05, 4.69) is 56.4 Å². The lowest BCUT2D eigenvalue weighted by Crippen LogP contribution is -2.32. The van der Waals surface area contributed by atoms with Crippen LogP contribution in [0.5, 0.6) is 0 Å². The molecule has 0 saturated carbocycles. The Labute approximate surface area is 149 Å². The van der Waals surface area contributed by atoms with Gasteiger partial charge in [0.05, 0.1) is 12.6 Å². The first-order valence-corrected chi connectivity index (χ1v) is 8.92. The molecule has 3 rings (SSSR count). The number of aliphatic hydroxyl groups is 1. The molecule has 0 aliphatic carbocycles. The number of hydrogen-bond donors (Lipinski definition) is 2. The van der Waals surface area contributed by atoms with Crippen molar-refractivity contribution in [3.05, 3.63) is 48.3 Å². The molecule has 1 saturated heterocycles. The summed E-state index contributed by atoms with van der Waals surface area (Å²) in [4.78, 5) is 13.1. The molecule has 2 heterocycles. The molecule has 1 aliphatic rings. The third-order valence-electron chi connectivity index (χ3n) is 4.63. The van der Waals surface area contributed by atoms with Gasteiger partial charge in [0.25, 0.3) is 0 Å². The Morgan fingerprint density at radius 1 is 1.28 bits per heavy atom. The number of nitrogens with zero attached hydrogens (tertiary/aromatic N) is 4. The lowest BCUT2D eigenvalue weighted by atomic mass is 10.2. The van der Waals surface area contributed by atoms with Crippen molar-refractivity contribution in [1.82, 2.24) is 14.9 Å². The summed E-state index contributed by atoms with van der Waals surface area (Å²) in [6.07, 6.45) is 3.72. The van der Waals surface area contributed by atoms with Crippen molar-refractivity contribution in [2.75, 3.05) is 43.5 Å². The molecule has 1 fully saturated rings. The molecule has 2 aromatic rings. The van der Waals surface area contributed by atoms with E-state index in [0.29, 0.717) is 0 Å². The smallest absolute Gasteiger partial charge is 0.134 e. The van der Waals surface area contributed by atoms with Crippen LogP contribution in [0.25, 0.3) is 0 Å². The average molecular weight is 341 g/mol. The molecule has 1 aliphatic heterocycles. The molecule has 6 nitrogen and oxygen atoms in total. The quantitative estimate of drug-likeness (QED) is 0.765. The highest BCUT2D eigenvalue weighted by Gasteiger charge is 2.25. The second kappa shape index (κ2) is 8.78. The molecule has 0 radical (unpaired) electrons. The van der Waals surface area contributed by atoms with Gasteiger partial charge in [0.2, 0.25) is 0 Å². The number of aliphatic hydroxyl groups excluding tert-OH is 1. The number of rotatable bonds is 8. The van der Waals surface area contributed by atoms with Crippen molar-refractivity contribution in [1.29, 1.82) is 0 Å². The van der Waals surface area contributed by atoms with Gasteiger partial charge in [-0.3, -0.25) is 0 Å². The third-order valence-corrected chi connectivity index (χ3v) is 4.63. The summed E-state index contributed by atoms with van der Waals surface area (Å²) in [6, 6.07) is 12.6. The first kappa shape index (κ1) is 17.6. The zero-order valence-electron chi connectivity index (χ0n) is 14.8. The van der Waals surface area contributed by atoms with Crippen LogP contribution in [-0.2, 0) is 6.54 Å². The minimum Gasteiger partial charge on any atom is -0.394 e. The molecule has 2 N–H and O–H groups in total. The average Bonchev–Trinajstić information content (AvgIpc) is 3.11. The normalized spacial score (nSPS) is 17.2. The minimum atomic E-state index is 0.178. The van der Waals surface area contributed by atoms with Crippen molar-refractivity contribution in [2.45, 2.75) is 25.4 Å². The lowest BCUT2D eigenvalue weighted by Gasteiger charge is -2.24. The number of hydrogen-bond acceptors (Lipinski definition) is 6. The zero-order chi connectivity index (χ0) is 17.5. The van der Waals surface area contributed by atoms with E-state index in [0.717, 1.165) is 50.7 Å². The highest BCUT2D eigenvalue weighted by molar-refractivity contribution is 5.49. The Hall–Kier alpha value is -2.18. The van der Waals surface area contributed by atoms with E-state index in [1.165, 1.54) is 5.56 Å². The van der Waals surface area contributed by atoms with Gasteiger partial charge >= 0.3 is 0 Å². The molecule has 134 valence electrons. The summed E-state index contributed by atoms with van der Waals surface area (Å²) in [5.41, 5.74) is 1.32. The van der Waals surface area contributed by atoms with E-state index in [1.54, 1.807) is 6.33 Å². The van der Waals surface area contributed by atoms with Gasteiger partial charge in [0.1, 0.15) is 18.0 Å². The summed E-state index contributed by atoms with van der Waals surface area (Å²) in [5.74, 6) is 1.73. The molecule has 6 heteroatoms. The van der Waals surface area contributed by atoms with E-state index < -0.39 is 0 Å². The van der Waals surface area contributed by atoms with Gasteiger partial charge in [-0.15, -0.1) is 0 Å². The molecule has 1 aromatic heterocycles. The van der Waals surface area contributed by atoms with Gasteiger partial charge in [0.15, 0.2) is 0 Å². The fourth-order valence-electron chi connectivity index (χ4n) is 3.28. The fraction of sp³-hybridized carbons (Fsp3) is 0.474. The van der Waals surface area contributed by atoms with Gasteiger partial charge in [-0.1, -0.05) is 30.3 Å². The number of benzene rings is 1. The van der Waals surface area contributed by atoms with Crippen LogP contribution in [-0.4, -0.2) is 59.3 Å². The van der Waals surface area contributed by atoms with Crippen molar-refractivity contribution >= 4 is 11.6 Å². The van der Waals surface area contributed by atoms with Crippen molar-refractivity contribution in [2.24, 2.45) is 0 Å². The molecule has 0 unspecified atom stereocenters. The SMILES string of the molecule is CN(CCNc1cc(N2CCC[C@@H]2CO)ncn1)Cc1ccccc1. The largest absolute Gasteiger partial charge is 0.394 e. The first-order valence-electron chi connectivity index (χ1n) is 8.92. The summed E-state index contributed by atoms with van der Waals surface area (Å²) in [6.45, 7) is 3.81. The number of aromatic nitrogens is 2. The van der Waals surface area contributed by atoms with Crippen molar-refractivity contribution in [3.63, 3.8) is 0 Å². The second-order valence-electron chi connectivity index (χ2n) is 6.58. The third kappa shape index (κ3) is 4.90. The Morgan fingerprint density at radius 2 is 2.12 bits per heavy atom. The van der Waals surface area contributed by atoms with Crippen LogP contribution in [0, 0.1) is 0 Å². The Balaban J connectivity index is 1.49. The molecule has 25 heavy (non-hydrogen) atoms. The predicted octanol–water partition coefficient (Wildman–Crippen LogP) is 1.98. The molecule has 1 aromatic carbocycles. The Kier molecular flexibility index (Phi) is 6.19. The minimum absolute atomic E-state index is 0.178. The summed E-state index contributed by atoms with van der Waals surface area (Å²) >= 11 is 0. The van der Waals surface area contributed by atoms with Crippen LogP contribution in [0.15, 0.2) is 42.7 Å². The first-order chi connectivity index (χ1) is 12.3. The summed E-state index contributed by atoms with van der Waals surface area (Å²) in [7, 11) is 2.12. The van der Waals surface area contributed by atoms with Crippen LogP contribution < -0.4 is 10.2 Å². The highest BCUT2D eigenvalue weighted by atomic mass is 16.3. The van der Waals surface area contributed by atoms with Gasteiger partial charge in [-0.25, -0.2) is 9.97 Å². The highest BCUT2D eigenvalue weighted by Crippen LogP contribution is 2.24. The van der Waals surface area contributed by atoms with E-state index in [-0.39, 0.29) is 12.6 Å². The molecule has 0 bridgehead atoms. The van der Waals surface area contributed by atoms with E-state index in [1.807, 2.05) is 12.1 Å². The Bertz CT molecular complexity index is 651. The molecule has 1 atom stereocenters. The number of nitrogens with one attached hydrogen (secondary N) is 1. The van der Waals surface area contributed by atoms with Crippen LogP contribution in [0.3, 0.4) is 0 Å². The predicted molar refractivity (Wildman–Crippen MR) is 101 cm³/mol. The maximum Gasteiger partial charge on any atom is 0.134 e. The van der Waals surface area contributed by atoms with Gasteiger partial charge in [-0.05, 0) is 25.5 Å². The topological polar surface area (TPSA) is 64.5 Å². The summed E-state index contributed by atoms with van der Waals surface area (Å²) < 4.78 is 0. The van der Waals surface area contributed by atoms with Gasteiger partial charge < -0.3 is 20.2 Å². The maximum atomic E-state index is 9.48. The van der Waals surface area contributed by atoms with Crippen LogP contribution in [0.2, 0.25) is 0 Å². The fourth-order valence-corrected chi connectivity index (χ4v) is 3.28. The zero-order valence-corrected chi connectivity index (χ0v) is 14.8. The van der Waals surface area contributed by atoms with E-state index in [9.17, 15) is 5.11 Å². The molecular weight excluding hydrogens is 314 g/mol. The monoisotopic (exact) mass is 341 g/mol. The molecule has 0 amide bonds. The summed E-state index contributed by atoms with van der Waals surface area (Å²) in [5, 5.41) is 12.9. The van der Waals surface area contributed by atoms with Gasteiger partial charge in [0, 0.05) is 32.2 Å². The number of anilines is 2. The van der Waals surface area contributed by atoms with Crippen LogP contribution in [0.1, 0.15) is 18.4 Å². The van der Waals surface area contributed by atoms with E-state index >= 15 is 0 Å². The molecule has 0 spiro atoms. The van der Waals surface area contributed by atoms with Crippen molar-refractivity contribution in [3.8, 4) is 0 Å².